The van der Waals surface area contributed by atoms with E-state index in [0.717, 1.165) is 0 Å². The van der Waals surface area contributed by atoms with Gasteiger partial charge in [-0.3, -0.25) is 9.59 Å². The number of benzene rings is 1. The van der Waals surface area contributed by atoms with Crippen molar-refractivity contribution < 1.29 is 69.4 Å². The Morgan fingerprint density at radius 2 is 1.41 bits per heavy atom. The molecule has 208 valence electrons. The first kappa shape index (κ1) is 29.3. The Hall–Kier alpha value is -2.28. The molecule has 1 aromatic rings. The molecule has 2 heterocycles. The average Bonchev–Trinajstić information content (AvgIpc) is 2.89. The van der Waals surface area contributed by atoms with Crippen LogP contribution in [0, 0.1) is 0 Å². The van der Waals surface area contributed by atoms with Gasteiger partial charge in [0.1, 0.15) is 55.4 Å². The summed E-state index contributed by atoms with van der Waals surface area (Å²) < 4.78 is 21.8. The van der Waals surface area contributed by atoms with Gasteiger partial charge in [0, 0.05) is 5.56 Å². The van der Waals surface area contributed by atoms with Crippen molar-refractivity contribution in [3.63, 3.8) is 0 Å². The molecule has 0 radical (unpaired) electrons. The summed E-state index contributed by atoms with van der Waals surface area (Å²) in [5.41, 5.74) is 0.735. The molecule has 9 N–H and O–H groups in total. The van der Waals surface area contributed by atoms with Crippen molar-refractivity contribution in [3.05, 3.63) is 35.4 Å². The standard InChI is InChI=1S/C22H31NO14/c24-6-11-14(28)16(30)17(31)22(36-11)37-19-15(29)12(7-25)35-21(18(19)32)34-8-9-1-3-10(4-2-9)20(33)23-5-13(26)27/h1-4,11-12,14-19,21-22,24-25,28-32H,5-8H2,(H,23,33)(H,26,27)/t11-,12-,14+,15+,16+,17-,18-,19+,21-,22+/m1/s1. The fourth-order valence-corrected chi connectivity index (χ4v) is 3.87. The molecule has 2 aliphatic rings. The minimum Gasteiger partial charge on any atom is -0.480 e. The maximum atomic E-state index is 11.9. The molecule has 0 aromatic heterocycles. The summed E-state index contributed by atoms with van der Waals surface area (Å²) >= 11 is 0. The number of aliphatic carboxylic acids is 1. The predicted molar refractivity (Wildman–Crippen MR) is 118 cm³/mol. The van der Waals surface area contributed by atoms with Crippen LogP contribution in [0.5, 0.6) is 0 Å². The van der Waals surface area contributed by atoms with E-state index in [2.05, 4.69) is 5.32 Å². The zero-order valence-electron chi connectivity index (χ0n) is 19.4. The number of rotatable bonds is 10. The highest BCUT2D eigenvalue weighted by molar-refractivity contribution is 5.95. The molecule has 0 spiro atoms. The highest BCUT2D eigenvalue weighted by Gasteiger charge is 2.50. The molecule has 0 aliphatic carbocycles. The third-order valence-electron chi connectivity index (χ3n) is 5.99. The zero-order chi connectivity index (χ0) is 27.3. The maximum Gasteiger partial charge on any atom is 0.322 e. The Morgan fingerprint density at radius 1 is 0.811 bits per heavy atom. The van der Waals surface area contributed by atoms with Crippen LogP contribution in [0.15, 0.2) is 24.3 Å². The quantitative estimate of drug-likeness (QED) is 0.138. The summed E-state index contributed by atoms with van der Waals surface area (Å²) in [5, 5.41) is 81.2. The molecule has 2 aliphatic heterocycles. The third kappa shape index (κ3) is 6.98. The minimum atomic E-state index is -1.79. The van der Waals surface area contributed by atoms with Gasteiger partial charge < -0.3 is 65.1 Å². The smallest absolute Gasteiger partial charge is 0.322 e. The fraction of sp³-hybridized carbons (Fsp3) is 0.636. The largest absolute Gasteiger partial charge is 0.480 e. The number of hydrogen-bond donors (Lipinski definition) is 9. The summed E-state index contributed by atoms with van der Waals surface area (Å²) in [7, 11) is 0. The number of aliphatic hydroxyl groups excluding tert-OH is 7. The lowest BCUT2D eigenvalue weighted by molar-refractivity contribution is -0.361. The van der Waals surface area contributed by atoms with E-state index in [0.29, 0.717) is 5.56 Å². The topological polar surface area (TPSA) is 245 Å². The summed E-state index contributed by atoms with van der Waals surface area (Å²) in [6, 6.07) is 5.90. The van der Waals surface area contributed by atoms with Gasteiger partial charge in [-0.25, -0.2) is 0 Å². The predicted octanol–water partition coefficient (Wildman–Crippen LogP) is -4.36. The number of hydrogen-bond acceptors (Lipinski definition) is 13. The number of nitrogens with one attached hydrogen (secondary N) is 1. The highest BCUT2D eigenvalue weighted by Crippen LogP contribution is 2.30. The van der Waals surface area contributed by atoms with E-state index in [4.69, 9.17) is 24.1 Å². The molecule has 37 heavy (non-hydrogen) atoms. The van der Waals surface area contributed by atoms with E-state index in [1.807, 2.05) is 0 Å². The van der Waals surface area contributed by atoms with Crippen LogP contribution < -0.4 is 5.32 Å². The van der Waals surface area contributed by atoms with Crippen LogP contribution in [0.1, 0.15) is 15.9 Å². The van der Waals surface area contributed by atoms with Crippen LogP contribution in [0.25, 0.3) is 0 Å². The van der Waals surface area contributed by atoms with Crippen molar-refractivity contribution in [3.8, 4) is 0 Å². The van der Waals surface area contributed by atoms with Gasteiger partial charge in [-0.2, -0.15) is 0 Å². The maximum absolute atomic E-state index is 11.9. The molecule has 3 rings (SSSR count). The number of aliphatic hydroxyl groups is 7. The molecule has 0 bridgehead atoms. The van der Waals surface area contributed by atoms with Gasteiger partial charge in [0.05, 0.1) is 19.8 Å². The average molecular weight is 533 g/mol. The fourth-order valence-electron chi connectivity index (χ4n) is 3.87. The van der Waals surface area contributed by atoms with Crippen LogP contribution in [0.3, 0.4) is 0 Å². The molecule has 1 amide bonds. The first-order valence-corrected chi connectivity index (χ1v) is 11.4. The highest BCUT2D eigenvalue weighted by atomic mass is 16.7. The molecule has 10 atom stereocenters. The van der Waals surface area contributed by atoms with Crippen molar-refractivity contribution in [2.24, 2.45) is 0 Å². The number of carboxylic acids is 1. The van der Waals surface area contributed by atoms with Crippen LogP contribution in [0.2, 0.25) is 0 Å². The van der Waals surface area contributed by atoms with E-state index in [-0.39, 0.29) is 12.2 Å². The summed E-state index contributed by atoms with van der Waals surface area (Å²) in [5.74, 6) is -1.78. The monoisotopic (exact) mass is 533 g/mol. The second-order valence-electron chi connectivity index (χ2n) is 8.59. The van der Waals surface area contributed by atoms with Crippen LogP contribution in [-0.4, -0.2) is 134 Å². The third-order valence-corrected chi connectivity index (χ3v) is 5.99. The molecule has 0 unspecified atom stereocenters. The van der Waals surface area contributed by atoms with Gasteiger partial charge in [0.2, 0.25) is 0 Å². The molecule has 15 nitrogen and oxygen atoms in total. The number of carboxylic acid groups (broad SMARTS) is 1. The number of ether oxygens (including phenoxy) is 4. The summed E-state index contributed by atoms with van der Waals surface area (Å²) in [6.45, 7) is -2.10. The lowest BCUT2D eigenvalue weighted by Gasteiger charge is -2.45. The Bertz CT molecular complexity index is 898. The van der Waals surface area contributed by atoms with Crippen molar-refractivity contribution >= 4 is 11.9 Å². The molecule has 2 saturated heterocycles. The van der Waals surface area contributed by atoms with E-state index in [1.54, 1.807) is 0 Å². The first-order chi connectivity index (χ1) is 17.6. The number of carbonyl (C=O) groups excluding carboxylic acids is 1. The van der Waals surface area contributed by atoms with E-state index in [1.165, 1.54) is 24.3 Å². The number of carbonyl (C=O) groups is 2. The van der Waals surface area contributed by atoms with Crippen molar-refractivity contribution in [1.29, 1.82) is 0 Å². The van der Waals surface area contributed by atoms with Gasteiger partial charge in [0.15, 0.2) is 12.6 Å². The second kappa shape index (κ2) is 13.0. The normalized spacial score (nSPS) is 36.2. The van der Waals surface area contributed by atoms with Gasteiger partial charge in [-0.05, 0) is 17.7 Å². The van der Waals surface area contributed by atoms with Gasteiger partial charge >= 0.3 is 5.97 Å². The van der Waals surface area contributed by atoms with E-state index >= 15 is 0 Å². The minimum absolute atomic E-state index is 0.153. The Labute approximate surface area is 210 Å². The first-order valence-electron chi connectivity index (χ1n) is 11.4. The SMILES string of the molecule is O=C(O)CNC(=O)c1ccc(CO[C@@H]2O[C@H](CO)[C@H](O)[C@H](O[C@@H]3O[C@H](CO)[C@H](O)[C@H](O)[C@H]3O)[C@H]2O)cc1. The van der Waals surface area contributed by atoms with E-state index in [9.17, 15) is 45.3 Å². The molecular weight excluding hydrogens is 502 g/mol. The van der Waals surface area contributed by atoms with Crippen LogP contribution in [-0.2, 0) is 30.3 Å². The van der Waals surface area contributed by atoms with Gasteiger partial charge in [-0.1, -0.05) is 12.1 Å². The van der Waals surface area contributed by atoms with Gasteiger partial charge in [-0.15, -0.1) is 0 Å². The number of amides is 1. The summed E-state index contributed by atoms with van der Waals surface area (Å²) in [6.07, 6.45) is -15.7. The molecule has 1 aromatic carbocycles. The van der Waals surface area contributed by atoms with Crippen molar-refractivity contribution in [1.82, 2.24) is 5.32 Å². The van der Waals surface area contributed by atoms with Crippen molar-refractivity contribution in [2.75, 3.05) is 19.8 Å². The molecule has 15 heteroatoms. The Kier molecular flexibility index (Phi) is 10.3. The summed E-state index contributed by atoms with van der Waals surface area (Å²) in [4.78, 5) is 22.5. The van der Waals surface area contributed by atoms with Crippen LogP contribution in [0.4, 0.5) is 0 Å². The Balaban J connectivity index is 1.64. The van der Waals surface area contributed by atoms with E-state index < -0.39 is 93.0 Å². The second-order valence-corrected chi connectivity index (χ2v) is 8.59. The van der Waals surface area contributed by atoms with Crippen molar-refractivity contribution in [2.45, 2.75) is 68.0 Å². The molecular formula is C22H31NO14. The zero-order valence-corrected chi connectivity index (χ0v) is 19.4. The molecule has 0 saturated carbocycles. The molecule has 2 fully saturated rings. The lowest BCUT2D eigenvalue weighted by Crippen LogP contribution is -2.64. The lowest BCUT2D eigenvalue weighted by atomic mass is 9.97. The van der Waals surface area contributed by atoms with Crippen LogP contribution >= 0.6 is 0 Å². The van der Waals surface area contributed by atoms with Gasteiger partial charge in [0.25, 0.3) is 5.91 Å². The Morgan fingerprint density at radius 3 is 2.00 bits per heavy atom.